The zero-order valence-electron chi connectivity index (χ0n) is 24.8. The van der Waals surface area contributed by atoms with Crippen LogP contribution in [-0.4, -0.2) is 82.2 Å². The largest absolute Gasteiger partial charge is 0.449 e. The molecule has 2 heterocycles. The predicted octanol–water partition coefficient (Wildman–Crippen LogP) is 2.92. The summed E-state index contributed by atoms with van der Waals surface area (Å²) in [5, 5.41) is 11.4. The maximum Gasteiger partial charge on any atom is 0.449 e. The molecule has 2 unspecified atom stereocenters. The quantitative estimate of drug-likeness (QED) is 0.192. The third-order valence-corrected chi connectivity index (χ3v) is 8.44. The molecule has 0 radical (unpaired) electrons. The van der Waals surface area contributed by atoms with Gasteiger partial charge in [0.1, 0.15) is 18.8 Å². The lowest BCUT2D eigenvalue weighted by molar-refractivity contribution is -0.171. The Morgan fingerprint density at radius 3 is 2.47 bits per heavy atom. The van der Waals surface area contributed by atoms with Crippen molar-refractivity contribution >= 4 is 20.2 Å². The number of alkyl halides is 3. The number of amides is 1. The van der Waals surface area contributed by atoms with Gasteiger partial charge >= 0.3 is 11.9 Å². The lowest BCUT2D eigenvalue weighted by Crippen LogP contribution is -2.43. The number of H-pyrrole nitrogens is 1. The summed E-state index contributed by atoms with van der Waals surface area (Å²) in [5.41, 5.74) is -1.40. The number of ether oxygens (including phenoxy) is 2. The number of hydrogen-bond acceptors (Lipinski definition) is 10. The van der Waals surface area contributed by atoms with Crippen LogP contribution >= 0.6 is 8.53 Å². The van der Waals surface area contributed by atoms with Gasteiger partial charge in [-0.3, -0.25) is 23.9 Å². The molecule has 1 aromatic heterocycles. The number of carbonyl (C=O) groups is 2. The van der Waals surface area contributed by atoms with E-state index in [2.05, 4.69) is 10.3 Å². The molecular formula is C26H39F3N5O8P. The van der Waals surface area contributed by atoms with E-state index in [-0.39, 0.29) is 38.1 Å². The first-order valence-electron chi connectivity index (χ1n) is 13.9. The molecule has 1 saturated heterocycles. The molecule has 0 aliphatic carbocycles. The number of aromatic amines is 1. The van der Waals surface area contributed by atoms with Gasteiger partial charge in [0, 0.05) is 37.3 Å². The smallest absolute Gasteiger partial charge is 0.361 e. The van der Waals surface area contributed by atoms with Crippen LogP contribution in [0.15, 0.2) is 21.9 Å². The van der Waals surface area contributed by atoms with Gasteiger partial charge in [-0.1, -0.05) is 6.92 Å². The minimum atomic E-state index is -4.94. The van der Waals surface area contributed by atoms with E-state index in [1.165, 1.54) is 6.20 Å². The summed E-state index contributed by atoms with van der Waals surface area (Å²) in [4.78, 5) is 50.1. The van der Waals surface area contributed by atoms with Crippen LogP contribution in [0, 0.1) is 11.3 Å². The fourth-order valence-electron chi connectivity index (χ4n) is 4.43. The highest BCUT2D eigenvalue weighted by molar-refractivity contribution is 7.44. The number of Topliss-reactive ketones (excluding diaryl/α,β-unsaturated/α-hetero) is 1. The van der Waals surface area contributed by atoms with Crippen molar-refractivity contribution in [2.24, 2.45) is 0 Å². The van der Waals surface area contributed by atoms with E-state index in [1.807, 2.05) is 45.4 Å². The molecule has 1 aliphatic rings. The van der Waals surface area contributed by atoms with Crippen molar-refractivity contribution in [3.63, 3.8) is 0 Å². The third kappa shape index (κ3) is 10.8. The van der Waals surface area contributed by atoms with Gasteiger partial charge in [-0.15, -0.1) is 0 Å². The zero-order valence-corrected chi connectivity index (χ0v) is 25.7. The minimum absolute atomic E-state index is 0.0254. The van der Waals surface area contributed by atoms with E-state index in [4.69, 9.17) is 23.8 Å². The van der Waals surface area contributed by atoms with Gasteiger partial charge in [0.15, 0.2) is 6.23 Å². The number of halogens is 3. The van der Waals surface area contributed by atoms with Gasteiger partial charge in [0.2, 0.25) is 11.7 Å². The van der Waals surface area contributed by atoms with E-state index in [0.29, 0.717) is 6.42 Å². The van der Waals surface area contributed by atoms with E-state index < -0.39 is 75.2 Å². The fourth-order valence-corrected chi connectivity index (χ4v) is 6.20. The molecule has 0 saturated carbocycles. The van der Waals surface area contributed by atoms with Crippen LogP contribution < -0.4 is 16.6 Å². The number of hydrogen-bond donors (Lipinski definition) is 2. The van der Waals surface area contributed by atoms with Crippen molar-refractivity contribution in [3.8, 4) is 6.07 Å². The molecule has 0 bridgehead atoms. The molecule has 13 nitrogen and oxygen atoms in total. The van der Waals surface area contributed by atoms with Gasteiger partial charge in [-0.25, -0.2) is 9.46 Å². The summed E-state index contributed by atoms with van der Waals surface area (Å²) >= 11 is 0. The van der Waals surface area contributed by atoms with Crippen molar-refractivity contribution in [1.29, 1.82) is 5.26 Å². The molecule has 17 heteroatoms. The molecule has 2 N–H and O–H groups in total. The lowest BCUT2D eigenvalue weighted by Gasteiger charge is -2.38. The number of rotatable bonds is 17. The number of carbonyl (C=O) groups excluding carboxylic acids is 2. The third-order valence-electron chi connectivity index (χ3n) is 6.31. The molecule has 242 valence electrons. The molecule has 1 amide bonds. The van der Waals surface area contributed by atoms with Gasteiger partial charge in [0.25, 0.3) is 14.1 Å². The monoisotopic (exact) mass is 637 g/mol. The highest BCUT2D eigenvalue weighted by atomic mass is 31.2. The highest BCUT2D eigenvalue weighted by Gasteiger charge is 2.49. The summed E-state index contributed by atoms with van der Waals surface area (Å²) in [7, 11) is -1.79. The first-order valence-corrected chi connectivity index (χ1v) is 15.0. The second-order valence-electron chi connectivity index (χ2n) is 10.3. The van der Waals surface area contributed by atoms with Gasteiger partial charge in [0.05, 0.1) is 25.2 Å². The Balaban J connectivity index is 2.31. The van der Waals surface area contributed by atoms with Crippen LogP contribution in [-0.2, 0) is 28.1 Å². The molecule has 1 aliphatic heterocycles. The normalized spacial score (nSPS) is 21.3. The Morgan fingerprint density at radius 2 is 1.91 bits per heavy atom. The SMILES string of the molecule is CC[C@H]1O[C@@H](n2ccc(=O)[nH]c2=O)[C@@H](OCC(=O)NCCCC(=O)C(F)(F)F)C1OP(OCCC#N)N(C(C)C)C(C)C. The van der Waals surface area contributed by atoms with Crippen LogP contribution in [0.5, 0.6) is 0 Å². The second-order valence-corrected chi connectivity index (χ2v) is 11.7. The van der Waals surface area contributed by atoms with Crippen LogP contribution in [0.4, 0.5) is 13.2 Å². The summed E-state index contributed by atoms with van der Waals surface area (Å²) in [6.07, 6.45) is -7.89. The van der Waals surface area contributed by atoms with Gasteiger partial charge in [-0.2, -0.15) is 18.4 Å². The van der Waals surface area contributed by atoms with E-state index in [1.54, 1.807) is 0 Å². The maximum absolute atomic E-state index is 12.7. The molecule has 1 fully saturated rings. The van der Waals surface area contributed by atoms with Gasteiger partial charge in [-0.05, 0) is 40.5 Å². The summed E-state index contributed by atoms with van der Waals surface area (Å²) in [5.74, 6) is -2.56. The van der Waals surface area contributed by atoms with Crippen LogP contribution in [0.1, 0.15) is 66.5 Å². The summed E-state index contributed by atoms with van der Waals surface area (Å²) in [6.45, 7) is 8.98. The molecular weight excluding hydrogens is 598 g/mol. The van der Waals surface area contributed by atoms with Gasteiger partial charge < -0.3 is 23.8 Å². The van der Waals surface area contributed by atoms with Crippen LogP contribution in [0.3, 0.4) is 0 Å². The molecule has 0 aromatic carbocycles. The average Bonchev–Trinajstić information content (AvgIpc) is 3.25. The van der Waals surface area contributed by atoms with Crippen molar-refractivity contribution in [3.05, 3.63) is 33.1 Å². The first-order chi connectivity index (χ1) is 20.2. The second kappa shape index (κ2) is 17.0. The van der Waals surface area contributed by atoms with Crippen LogP contribution in [0.25, 0.3) is 0 Å². The lowest BCUT2D eigenvalue weighted by atomic mass is 10.1. The minimum Gasteiger partial charge on any atom is -0.361 e. The molecule has 43 heavy (non-hydrogen) atoms. The maximum atomic E-state index is 12.7. The van der Waals surface area contributed by atoms with Crippen LogP contribution in [0.2, 0.25) is 0 Å². The van der Waals surface area contributed by atoms with Crippen molar-refractivity contribution in [1.82, 2.24) is 19.5 Å². The van der Waals surface area contributed by atoms with Crippen molar-refractivity contribution in [2.75, 3.05) is 19.8 Å². The number of nitrogens with one attached hydrogen (secondary N) is 2. The first kappa shape index (κ1) is 36.5. The average molecular weight is 638 g/mol. The fraction of sp³-hybridized carbons (Fsp3) is 0.731. The Bertz CT molecular complexity index is 1210. The Labute approximate surface area is 248 Å². The molecule has 5 atom stereocenters. The predicted molar refractivity (Wildman–Crippen MR) is 149 cm³/mol. The molecule has 1 aromatic rings. The van der Waals surface area contributed by atoms with E-state index in [0.717, 1.165) is 10.6 Å². The standard InChI is InChI=1S/C26H39F3N5O8P/c1-6-18-22(42-43(40-14-8-11-30)34(16(2)3)17(4)5)23(24(41-18)33-13-10-20(36)32-25(33)38)39-15-21(37)31-12-7-9-19(35)26(27,28)29/h10,13,16-18,22-24H,6-9,12,14-15H2,1-5H3,(H,31,37)(H,32,36,38)/t18-,22?,23+,24-,43?/m1/s1. The van der Waals surface area contributed by atoms with Crippen molar-refractivity contribution < 1.29 is 41.3 Å². The Kier molecular flexibility index (Phi) is 14.4. The highest BCUT2D eigenvalue weighted by Crippen LogP contribution is 2.50. The molecule has 2 rings (SSSR count). The number of nitriles is 1. The topological polar surface area (TPSA) is 165 Å². The summed E-state index contributed by atoms with van der Waals surface area (Å²) < 4.78 is 65.0. The van der Waals surface area contributed by atoms with E-state index in [9.17, 15) is 32.3 Å². The number of aromatic nitrogens is 2. The van der Waals surface area contributed by atoms with E-state index >= 15 is 0 Å². The van der Waals surface area contributed by atoms with Crippen molar-refractivity contribution in [2.45, 2.75) is 103 Å². The number of nitrogens with zero attached hydrogens (tertiary/aromatic N) is 3. The number of ketones is 1. The Hall–Kier alpha value is -2.67. The zero-order chi connectivity index (χ0) is 32.3. The molecule has 0 spiro atoms. The Morgan fingerprint density at radius 1 is 1.23 bits per heavy atom. The summed E-state index contributed by atoms with van der Waals surface area (Å²) in [6, 6.07) is 3.10.